The van der Waals surface area contributed by atoms with Gasteiger partial charge in [-0.1, -0.05) is 11.6 Å². The minimum atomic E-state index is -0.554. The second-order valence-corrected chi connectivity index (χ2v) is 6.69. The standard InChI is InChI=1S/C18H26N2O4/c21-13-17-6-5-16(24-17)12-19-7-8-20(11-15(22)10-19)18(23)9-14-3-1-2-4-14/h3,5-6,15,21-22H,1-2,4,7-13H2. The van der Waals surface area contributed by atoms with Crippen LogP contribution in [0.5, 0.6) is 0 Å². The number of amides is 1. The Morgan fingerprint density at radius 3 is 2.79 bits per heavy atom. The summed E-state index contributed by atoms with van der Waals surface area (Å²) in [5.74, 6) is 1.42. The van der Waals surface area contributed by atoms with E-state index in [9.17, 15) is 9.90 Å². The molecule has 1 aromatic heterocycles. The van der Waals surface area contributed by atoms with E-state index in [0.717, 1.165) is 25.0 Å². The fourth-order valence-corrected chi connectivity index (χ4v) is 3.44. The highest BCUT2D eigenvalue weighted by molar-refractivity contribution is 5.79. The van der Waals surface area contributed by atoms with E-state index in [1.54, 1.807) is 11.0 Å². The van der Waals surface area contributed by atoms with E-state index in [0.29, 0.717) is 44.9 Å². The number of nitrogens with zero attached hydrogens (tertiary/aromatic N) is 2. The maximum Gasteiger partial charge on any atom is 0.226 e. The minimum absolute atomic E-state index is 0.110. The van der Waals surface area contributed by atoms with Gasteiger partial charge in [0.25, 0.3) is 0 Å². The van der Waals surface area contributed by atoms with Crippen molar-refractivity contribution in [1.82, 2.24) is 9.80 Å². The average Bonchev–Trinajstić information content (AvgIpc) is 3.18. The van der Waals surface area contributed by atoms with E-state index in [2.05, 4.69) is 11.0 Å². The Labute approximate surface area is 142 Å². The van der Waals surface area contributed by atoms with Crippen molar-refractivity contribution in [2.24, 2.45) is 0 Å². The topological polar surface area (TPSA) is 77.2 Å². The van der Waals surface area contributed by atoms with Crippen LogP contribution in [0.4, 0.5) is 0 Å². The highest BCUT2D eigenvalue weighted by atomic mass is 16.4. The van der Waals surface area contributed by atoms with Crippen LogP contribution in [0.2, 0.25) is 0 Å². The lowest BCUT2D eigenvalue weighted by Crippen LogP contribution is -2.37. The Kier molecular flexibility index (Phi) is 5.71. The van der Waals surface area contributed by atoms with Gasteiger partial charge < -0.3 is 19.5 Å². The molecule has 1 saturated heterocycles. The summed E-state index contributed by atoms with van der Waals surface area (Å²) in [6.45, 7) is 2.70. The molecule has 24 heavy (non-hydrogen) atoms. The number of furan rings is 1. The van der Waals surface area contributed by atoms with Crippen LogP contribution in [0, 0.1) is 0 Å². The van der Waals surface area contributed by atoms with Gasteiger partial charge in [0.2, 0.25) is 5.91 Å². The number of carbonyl (C=O) groups excluding carboxylic acids is 1. The highest BCUT2D eigenvalue weighted by Crippen LogP contribution is 2.22. The summed E-state index contributed by atoms with van der Waals surface area (Å²) in [6.07, 6.45) is 5.37. The molecule has 1 amide bonds. The molecule has 3 rings (SSSR count). The number of aliphatic hydroxyl groups is 2. The maximum atomic E-state index is 12.5. The molecule has 0 spiro atoms. The summed E-state index contributed by atoms with van der Waals surface area (Å²) < 4.78 is 5.51. The SMILES string of the molecule is O=C(CC1=CCCC1)N1CCN(Cc2ccc(CO)o2)CC(O)C1. The largest absolute Gasteiger partial charge is 0.462 e. The second-order valence-electron chi connectivity index (χ2n) is 6.69. The molecule has 2 N–H and O–H groups in total. The van der Waals surface area contributed by atoms with Gasteiger partial charge in [0.15, 0.2) is 0 Å². The van der Waals surface area contributed by atoms with Gasteiger partial charge in [-0.15, -0.1) is 0 Å². The predicted octanol–water partition coefficient (Wildman–Crippen LogP) is 1.28. The number of carbonyl (C=O) groups is 1. The number of rotatable bonds is 5. The fraction of sp³-hybridized carbons (Fsp3) is 0.611. The van der Waals surface area contributed by atoms with Gasteiger partial charge in [0.1, 0.15) is 18.1 Å². The third-order valence-electron chi connectivity index (χ3n) is 4.70. The number of aliphatic hydroxyl groups excluding tert-OH is 2. The molecule has 2 heterocycles. The van der Waals surface area contributed by atoms with Crippen molar-refractivity contribution in [3.8, 4) is 0 Å². The molecule has 6 nitrogen and oxygen atoms in total. The molecule has 1 atom stereocenters. The monoisotopic (exact) mass is 334 g/mol. The van der Waals surface area contributed by atoms with Crippen LogP contribution in [0.3, 0.4) is 0 Å². The summed E-state index contributed by atoms with van der Waals surface area (Å²) in [6, 6.07) is 3.60. The van der Waals surface area contributed by atoms with Gasteiger partial charge in [-0.25, -0.2) is 0 Å². The van der Waals surface area contributed by atoms with E-state index >= 15 is 0 Å². The lowest BCUT2D eigenvalue weighted by atomic mass is 10.1. The van der Waals surface area contributed by atoms with Crippen molar-refractivity contribution < 1.29 is 19.4 Å². The normalized spacial score (nSPS) is 22.5. The molecule has 0 radical (unpaired) electrons. The number of allylic oxidation sites excluding steroid dienone is 1. The molecule has 0 bridgehead atoms. The molecule has 2 aliphatic rings. The number of β-amino-alcohol motifs (C(OH)–C–C–N with tert-alkyl or cyclic N) is 1. The van der Waals surface area contributed by atoms with Crippen molar-refractivity contribution >= 4 is 5.91 Å². The average molecular weight is 334 g/mol. The zero-order chi connectivity index (χ0) is 16.9. The van der Waals surface area contributed by atoms with Crippen LogP contribution in [-0.2, 0) is 17.9 Å². The second kappa shape index (κ2) is 7.96. The van der Waals surface area contributed by atoms with Crippen molar-refractivity contribution in [2.45, 2.75) is 44.9 Å². The first-order chi connectivity index (χ1) is 11.6. The van der Waals surface area contributed by atoms with Gasteiger partial charge in [-0.2, -0.15) is 0 Å². The summed E-state index contributed by atoms with van der Waals surface area (Å²) in [5.41, 5.74) is 1.24. The Bertz CT molecular complexity index is 596. The van der Waals surface area contributed by atoms with Gasteiger partial charge in [-0.05, 0) is 31.4 Å². The van der Waals surface area contributed by atoms with E-state index < -0.39 is 6.10 Å². The zero-order valence-electron chi connectivity index (χ0n) is 14.0. The van der Waals surface area contributed by atoms with Crippen LogP contribution < -0.4 is 0 Å². The lowest BCUT2D eigenvalue weighted by Gasteiger charge is -2.22. The zero-order valence-corrected chi connectivity index (χ0v) is 14.0. The number of hydrogen-bond acceptors (Lipinski definition) is 5. The van der Waals surface area contributed by atoms with Gasteiger partial charge in [-0.3, -0.25) is 9.69 Å². The van der Waals surface area contributed by atoms with E-state index in [4.69, 9.17) is 9.52 Å². The predicted molar refractivity (Wildman–Crippen MR) is 89.0 cm³/mol. The first kappa shape index (κ1) is 17.2. The first-order valence-corrected chi connectivity index (χ1v) is 8.68. The summed E-state index contributed by atoms with van der Waals surface area (Å²) in [7, 11) is 0. The Balaban J connectivity index is 1.55. The van der Waals surface area contributed by atoms with Gasteiger partial charge in [0, 0.05) is 32.6 Å². The molecule has 1 aliphatic heterocycles. The molecular weight excluding hydrogens is 308 g/mol. The molecule has 1 aliphatic carbocycles. The van der Waals surface area contributed by atoms with Crippen molar-refractivity contribution in [3.05, 3.63) is 35.3 Å². The molecule has 1 aromatic rings. The van der Waals surface area contributed by atoms with Gasteiger partial charge >= 0.3 is 0 Å². The smallest absolute Gasteiger partial charge is 0.226 e. The molecular formula is C18H26N2O4. The van der Waals surface area contributed by atoms with Crippen LogP contribution >= 0.6 is 0 Å². The summed E-state index contributed by atoms with van der Waals surface area (Å²) in [5, 5.41) is 19.3. The number of hydrogen-bond donors (Lipinski definition) is 2. The fourth-order valence-electron chi connectivity index (χ4n) is 3.44. The van der Waals surface area contributed by atoms with Crippen LogP contribution in [-0.4, -0.2) is 58.2 Å². The van der Waals surface area contributed by atoms with Crippen LogP contribution in [0.15, 0.2) is 28.2 Å². The molecule has 0 aromatic carbocycles. The Hall–Kier alpha value is -1.63. The Morgan fingerprint density at radius 2 is 2.08 bits per heavy atom. The third kappa shape index (κ3) is 4.47. The molecule has 1 unspecified atom stereocenters. The molecule has 0 saturated carbocycles. The summed E-state index contributed by atoms with van der Waals surface area (Å²) in [4.78, 5) is 16.3. The minimum Gasteiger partial charge on any atom is -0.462 e. The van der Waals surface area contributed by atoms with Crippen LogP contribution in [0.1, 0.15) is 37.2 Å². The molecule has 132 valence electrons. The third-order valence-corrected chi connectivity index (χ3v) is 4.70. The first-order valence-electron chi connectivity index (χ1n) is 8.68. The van der Waals surface area contributed by atoms with Crippen molar-refractivity contribution in [3.63, 3.8) is 0 Å². The van der Waals surface area contributed by atoms with E-state index in [1.165, 1.54) is 5.57 Å². The van der Waals surface area contributed by atoms with Crippen molar-refractivity contribution in [2.75, 3.05) is 26.2 Å². The Morgan fingerprint density at radius 1 is 1.25 bits per heavy atom. The van der Waals surface area contributed by atoms with E-state index in [-0.39, 0.29) is 12.5 Å². The molecule has 1 fully saturated rings. The maximum absolute atomic E-state index is 12.5. The van der Waals surface area contributed by atoms with Gasteiger partial charge in [0.05, 0.1) is 12.6 Å². The summed E-state index contributed by atoms with van der Waals surface area (Å²) >= 11 is 0. The quantitative estimate of drug-likeness (QED) is 0.793. The molecule has 6 heteroatoms. The lowest BCUT2D eigenvalue weighted by molar-refractivity contribution is -0.131. The van der Waals surface area contributed by atoms with Crippen LogP contribution in [0.25, 0.3) is 0 Å². The highest BCUT2D eigenvalue weighted by Gasteiger charge is 2.25. The van der Waals surface area contributed by atoms with E-state index in [1.807, 2.05) is 6.07 Å². The van der Waals surface area contributed by atoms with Crippen molar-refractivity contribution in [1.29, 1.82) is 0 Å².